The number of rotatable bonds is 6. The van der Waals surface area contributed by atoms with E-state index in [1.165, 1.54) is 32.1 Å². The van der Waals surface area contributed by atoms with Crippen molar-refractivity contribution < 1.29 is 9.53 Å². The van der Waals surface area contributed by atoms with Gasteiger partial charge in [-0.3, -0.25) is 4.79 Å². The van der Waals surface area contributed by atoms with Gasteiger partial charge in [-0.1, -0.05) is 36.9 Å². The third-order valence-electron chi connectivity index (χ3n) is 4.17. The Morgan fingerprint density at radius 1 is 1.33 bits per heavy atom. The van der Waals surface area contributed by atoms with Crippen molar-refractivity contribution in [1.29, 1.82) is 0 Å². The second-order valence-electron chi connectivity index (χ2n) is 5.78. The lowest BCUT2D eigenvalue weighted by atomic mass is 9.89. The Morgan fingerprint density at radius 2 is 2.10 bits per heavy atom. The second-order valence-corrected chi connectivity index (χ2v) is 6.18. The van der Waals surface area contributed by atoms with E-state index < -0.39 is 0 Å². The number of halogens is 1. The Labute approximate surface area is 132 Å². The number of benzene rings is 1. The quantitative estimate of drug-likeness (QED) is 0.863. The first kappa shape index (κ1) is 16.2. The zero-order valence-corrected chi connectivity index (χ0v) is 13.4. The van der Waals surface area contributed by atoms with Gasteiger partial charge in [0.25, 0.3) is 0 Å². The van der Waals surface area contributed by atoms with Crippen LogP contribution in [-0.4, -0.2) is 19.6 Å². The standard InChI is InChI=1S/C17H24ClNO2/c1-21-16-9-7-13(11-15(16)18)8-10-17(20)19-12-14-5-3-2-4-6-14/h7,9,11,14H,2-6,8,10,12H2,1H3,(H,19,20). The fraction of sp³-hybridized carbons (Fsp3) is 0.588. The SMILES string of the molecule is COc1ccc(CCC(=O)NCC2CCCCC2)cc1Cl. The summed E-state index contributed by atoms with van der Waals surface area (Å²) < 4.78 is 5.12. The molecule has 0 aromatic heterocycles. The van der Waals surface area contributed by atoms with Gasteiger partial charge in [-0.25, -0.2) is 0 Å². The van der Waals surface area contributed by atoms with Crippen molar-refractivity contribution in [3.05, 3.63) is 28.8 Å². The molecule has 0 bridgehead atoms. The zero-order chi connectivity index (χ0) is 15.1. The van der Waals surface area contributed by atoms with E-state index in [1.807, 2.05) is 18.2 Å². The van der Waals surface area contributed by atoms with Crippen molar-refractivity contribution in [2.45, 2.75) is 44.9 Å². The first-order chi connectivity index (χ1) is 10.2. The molecule has 0 unspecified atom stereocenters. The molecule has 4 heteroatoms. The highest BCUT2D eigenvalue weighted by molar-refractivity contribution is 6.32. The number of aryl methyl sites for hydroxylation is 1. The second kappa shape index (κ2) is 8.28. The Hall–Kier alpha value is -1.22. The van der Waals surface area contributed by atoms with Crippen LogP contribution in [0.5, 0.6) is 5.75 Å². The van der Waals surface area contributed by atoms with Gasteiger partial charge in [0.05, 0.1) is 12.1 Å². The number of carbonyl (C=O) groups is 1. The largest absolute Gasteiger partial charge is 0.495 e. The minimum Gasteiger partial charge on any atom is -0.495 e. The van der Waals surface area contributed by atoms with Crippen molar-refractivity contribution in [3.8, 4) is 5.75 Å². The van der Waals surface area contributed by atoms with Crippen LogP contribution in [0.4, 0.5) is 0 Å². The lowest BCUT2D eigenvalue weighted by Crippen LogP contribution is -2.30. The summed E-state index contributed by atoms with van der Waals surface area (Å²) in [6.07, 6.45) is 7.71. The molecule has 3 nitrogen and oxygen atoms in total. The Morgan fingerprint density at radius 3 is 2.76 bits per heavy atom. The third-order valence-corrected chi connectivity index (χ3v) is 4.46. The molecule has 1 fully saturated rings. The molecule has 0 spiro atoms. The van der Waals surface area contributed by atoms with E-state index in [4.69, 9.17) is 16.3 Å². The average Bonchev–Trinajstić information content (AvgIpc) is 2.52. The molecule has 0 atom stereocenters. The molecule has 1 amide bonds. The summed E-state index contributed by atoms with van der Waals surface area (Å²) >= 11 is 6.08. The molecule has 0 radical (unpaired) electrons. The van der Waals surface area contributed by atoms with Crippen molar-refractivity contribution >= 4 is 17.5 Å². The fourth-order valence-corrected chi connectivity index (χ4v) is 3.14. The van der Waals surface area contributed by atoms with E-state index in [2.05, 4.69) is 5.32 Å². The van der Waals surface area contributed by atoms with Crippen LogP contribution in [0.25, 0.3) is 0 Å². The van der Waals surface area contributed by atoms with Crippen molar-refractivity contribution in [3.63, 3.8) is 0 Å². The van der Waals surface area contributed by atoms with Crippen LogP contribution in [0.3, 0.4) is 0 Å². The molecular formula is C17H24ClNO2. The van der Waals surface area contributed by atoms with Gasteiger partial charge in [0, 0.05) is 13.0 Å². The lowest BCUT2D eigenvalue weighted by Gasteiger charge is -2.21. The first-order valence-electron chi connectivity index (χ1n) is 7.78. The van der Waals surface area contributed by atoms with Crippen LogP contribution < -0.4 is 10.1 Å². The maximum Gasteiger partial charge on any atom is 0.220 e. The summed E-state index contributed by atoms with van der Waals surface area (Å²) in [5, 5.41) is 3.66. The predicted octanol–water partition coefficient (Wildman–Crippen LogP) is 3.98. The van der Waals surface area contributed by atoms with Gasteiger partial charge in [0.15, 0.2) is 0 Å². The molecule has 0 saturated heterocycles. The lowest BCUT2D eigenvalue weighted by molar-refractivity contribution is -0.121. The van der Waals surface area contributed by atoms with Gasteiger partial charge >= 0.3 is 0 Å². The Bertz CT molecular complexity index is 470. The van der Waals surface area contributed by atoms with Crippen LogP contribution in [0.1, 0.15) is 44.1 Å². The Balaban J connectivity index is 1.71. The minimum atomic E-state index is 0.132. The molecule has 2 rings (SSSR count). The maximum absolute atomic E-state index is 11.9. The van der Waals surface area contributed by atoms with Gasteiger partial charge < -0.3 is 10.1 Å². The summed E-state index contributed by atoms with van der Waals surface area (Å²) in [7, 11) is 1.60. The molecule has 1 saturated carbocycles. The molecule has 1 aliphatic carbocycles. The summed E-state index contributed by atoms with van der Waals surface area (Å²) in [6, 6.07) is 5.67. The Kier molecular flexibility index (Phi) is 6.37. The number of methoxy groups -OCH3 is 1. The van der Waals surface area contributed by atoms with Gasteiger partial charge in [-0.2, -0.15) is 0 Å². The highest BCUT2D eigenvalue weighted by Crippen LogP contribution is 2.25. The van der Waals surface area contributed by atoms with Crippen LogP contribution in [0.2, 0.25) is 5.02 Å². The van der Waals surface area contributed by atoms with Gasteiger partial charge in [-0.05, 0) is 42.9 Å². The number of nitrogens with one attached hydrogen (secondary N) is 1. The van der Waals surface area contributed by atoms with Crippen molar-refractivity contribution in [1.82, 2.24) is 5.32 Å². The molecule has 1 aromatic carbocycles. The van der Waals surface area contributed by atoms with E-state index in [9.17, 15) is 4.79 Å². The topological polar surface area (TPSA) is 38.3 Å². The molecule has 1 aromatic rings. The van der Waals surface area contributed by atoms with E-state index in [1.54, 1.807) is 7.11 Å². The summed E-state index contributed by atoms with van der Waals surface area (Å²) in [6.45, 7) is 0.836. The van der Waals surface area contributed by atoms with Crippen molar-refractivity contribution in [2.24, 2.45) is 5.92 Å². The van der Waals surface area contributed by atoms with E-state index in [-0.39, 0.29) is 5.91 Å². The highest BCUT2D eigenvalue weighted by atomic mass is 35.5. The number of hydrogen-bond acceptors (Lipinski definition) is 2. The molecule has 0 heterocycles. The summed E-state index contributed by atoms with van der Waals surface area (Å²) in [4.78, 5) is 11.9. The monoisotopic (exact) mass is 309 g/mol. The maximum atomic E-state index is 11.9. The minimum absolute atomic E-state index is 0.132. The van der Waals surface area contributed by atoms with E-state index >= 15 is 0 Å². The molecule has 0 aliphatic heterocycles. The number of hydrogen-bond donors (Lipinski definition) is 1. The van der Waals surface area contributed by atoms with Crippen LogP contribution in [0.15, 0.2) is 18.2 Å². The van der Waals surface area contributed by atoms with Gasteiger partial charge in [-0.15, -0.1) is 0 Å². The van der Waals surface area contributed by atoms with E-state index in [0.29, 0.717) is 29.5 Å². The van der Waals surface area contributed by atoms with Crippen LogP contribution in [0, 0.1) is 5.92 Å². The summed E-state index contributed by atoms with van der Waals surface area (Å²) in [5.41, 5.74) is 1.06. The normalized spacial score (nSPS) is 15.7. The zero-order valence-electron chi connectivity index (χ0n) is 12.7. The molecule has 1 aliphatic rings. The van der Waals surface area contributed by atoms with Gasteiger partial charge in [0.1, 0.15) is 5.75 Å². The third kappa shape index (κ3) is 5.24. The van der Waals surface area contributed by atoms with Crippen LogP contribution >= 0.6 is 11.6 Å². The van der Waals surface area contributed by atoms with Gasteiger partial charge in [0.2, 0.25) is 5.91 Å². The molecule has 116 valence electrons. The van der Waals surface area contributed by atoms with E-state index in [0.717, 1.165) is 12.1 Å². The highest BCUT2D eigenvalue weighted by Gasteiger charge is 2.14. The molecular weight excluding hydrogens is 286 g/mol. The van der Waals surface area contributed by atoms with Crippen molar-refractivity contribution in [2.75, 3.05) is 13.7 Å². The predicted molar refractivity (Wildman–Crippen MR) is 85.9 cm³/mol. The number of amides is 1. The number of ether oxygens (including phenoxy) is 1. The van der Waals surface area contributed by atoms with Crippen LogP contribution in [-0.2, 0) is 11.2 Å². The first-order valence-corrected chi connectivity index (χ1v) is 8.16. The summed E-state index contributed by atoms with van der Waals surface area (Å²) in [5.74, 6) is 1.48. The fourth-order valence-electron chi connectivity index (χ4n) is 2.86. The average molecular weight is 310 g/mol. The molecule has 1 N–H and O–H groups in total. The molecule has 21 heavy (non-hydrogen) atoms. The smallest absolute Gasteiger partial charge is 0.220 e. The number of carbonyl (C=O) groups excluding carboxylic acids is 1.